The number of hydrogen-bond donors (Lipinski definition) is 1. The largest absolute Gasteiger partial charge is 0.376 e. The van der Waals surface area contributed by atoms with Crippen LogP contribution in [0.1, 0.15) is 16.7 Å². The monoisotopic (exact) mass is 429 g/mol. The summed E-state index contributed by atoms with van der Waals surface area (Å²) in [4.78, 5) is 0.0524. The smallest absolute Gasteiger partial charge is 0.264 e. The van der Waals surface area contributed by atoms with Gasteiger partial charge in [-0.2, -0.15) is 0 Å². The van der Waals surface area contributed by atoms with Crippen LogP contribution < -0.4 is 4.31 Å². The molecule has 4 aromatic rings. The zero-order valence-electron chi connectivity index (χ0n) is 17.1. The van der Waals surface area contributed by atoms with E-state index in [-0.39, 0.29) is 4.90 Å². The first-order chi connectivity index (χ1) is 15.0. The summed E-state index contributed by atoms with van der Waals surface area (Å²) in [6.45, 7) is 0. The van der Waals surface area contributed by atoms with Gasteiger partial charge in [0.15, 0.2) is 0 Å². The lowest BCUT2D eigenvalue weighted by Gasteiger charge is -2.32. The van der Waals surface area contributed by atoms with E-state index in [1.807, 2.05) is 42.5 Å². The molecule has 0 atom stereocenters. The van der Waals surface area contributed by atoms with Crippen LogP contribution in [-0.2, 0) is 15.6 Å². The molecular weight excluding hydrogens is 406 g/mol. The van der Waals surface area contributed by atoms with Crippen molar-refractivity contribution < 1.29 is 13.5 Å². The second-order valence-electron chi connectivity index (χ2n) is 7.25. The van der Waals surface area contributed by atoms with E-state index in [9.17, 15) is 13.5 Å². The molecule has 4 rings (SSSR count). The highest BCUT2D eigenvalue weighted by molar-refractivity contribution is 7.92. The van der Waals surface area contributed by atoms with Crippen LogP contribution in [0.3, 0.4) is 0 Å². The van der Waals surface area contributed by atoms with Crippen LogP contribution in [-0.4, -0.2) is 20.6 Å². The summed E-state index contributed by atoms with van der Waals surface area (Å²) < 4.78 is 28.6. The fourth-order valence-corrected chi connectivity index (χ4v) is 5.19. The first kappa shape index (κ1) is 20.8. The maximum absolute atomic E-state index is 13.7. The van der Waals surface area contributed by atoms with Crippen molar-refractivity contribution in [3.63, 3.8) is 0 Å². The molecule has 4 aromatic carbocycles. The van der Waals surface area contributed by atoms with Gasteiger partial charge in [0.05, 0.1) is 10.6 Å². The molecular formula is C26H23NO3S. The Morgan fingerprint density at radius 2 is 1.06 bits per heavy atom. The van der Waals surface area contributed by atoms with Crippen molar-refractivity contribution in [2.45, 2.75) is 10.5 Å². The molecule has 0 bridgehead atoms. The zero-order valence-corrected chi connectivity index (χ0v) is 17.9. The van der Waals surface area contributed by atoms with E-state index >= 15 is 0 Å². The second kappa shape index (κ2) is 8.38. The predicted octanol–water partition coefficient (Wildman–Crippen LogP) is 4.80. The summed E-state index contributed by atoms with van der Waals surface area (Å²) in [6.07, 6.45) is 0. The van der Waals surface area contributed by atoms with E-state index in [0.717, 1.165) is 0 Å². The average molecular weight is 430 g/mol. The summed E-state index contributed by atoms with van der Waals surface area (Å²) in [5, 5.41) is 12.1. The molecule has 0 aliphatic carbocycles. The van der Waals surface area contributed by atoms with Gasteiger partial charge >= 0.3 is 0 Å². The minimum absolute atomic E-state index is 0.0524. The fraction of sp³-hybridized carbons (Fsp3) is 0.0769. The standard InChI is InChI=1S/C26H23NO3S/c1-27(23-17-9-4-10-18-23)31(29,30)25-20-12-11-19-24(25)26(28,21-13-5-2-6-14-21)22-15-7-3-8-16-22/h2-20,28H,1H3. The molecule has 0 unspecified atom stereocenters. The number of para-hydroxylation sites is 1. The van der Waals surface area contributed by atoms with E-state index in [4.69, 9.17) is 0 Å². The quantitative estimate of drug-likeness (QED) is 0.448. The van der Waals surface area contributed by atoms with Crippen LogP contribution in [0.2, 0.25) is 0 Å². The lowest BCUT2D eigenvalue weighted by atomic mass is 9.80. The van der Waals surface area contributed by atoms with Gasteiger partial charge < -0.3 is 5.11 Å². The highest BCUT2D eigenvalue weighted by Gasteiger charge is 2.39. The molecule has 0 heterocycles. The Bertz CT molecular complexity index is 1220. The number of nitrogens with zero attached hydrogens (tertiary/aromatic N) is 1. The van der Waals surface area contributed by atoms with Gasteiger partial charge in [0, 0.05) is 12.6 Å². The van der Waals surface area contributed by atoms with Crippen LogP contribution in [0.15, 0.2) is 120 Å². The summed E-state index contributed by atoms with van der Waals surface area (Å²) in [5.41, 5.74) is 0.372. The number of anilines is 1. The molecule has 0 saturated carbocycles. The van der Waals surface area contributed by atoms with Crippen LogP contribution in [0.25, 0.3) is 0 Å². The molecule has 31 heavy (non-hydrogen) atoms. The molecule has 5 heteroatoms. The third kappa shape index (κ3) is 3.74. The fourth-order valence-electron chi connectivity index (χ4n) is 3.75. The molecule has 0 aliphatic heterocycles. The van der Waals surface area contributed by atoms with Crippen molar-refractivity contribution >= 4 is 15.7 Å². The van der Waals surface area contributed by atoms with Crippen molar-refractivity contribution in [1.82, 2.24) is 0 Å². The third-order valence-electron chi connectivity index (χ3n) is 5.42. The predicted molar refractivity (Wildman–Crippen MR) is 123 cm³/mol. The van der Waals surface area contributed by atoms with Gasteiger partial charge in [-0.15, -0.1) is 0 Å². The zero-order chi connectivity index (χ0) is 21.9. The van der Waals surface area contributed by atoms with Crippen molar-refractivity contribution in [3.05, 3.63) is 132 Å². The van der Waals surface area contributed by atoms with Crippen LogP contribution in [0, 0.1) is 0 Å². The van der Waals surface area contributed by atoms with E-state index in [2.05, 4.69) is 0 Å². The maximum atomic E-state index is 13.7. The van der Waals surface area contributed by atoms with Crippen molar-refractivity contribution in [2.24, 2.45) is 0 Å². The highest BCUT2D eigenvalue weighted by atomic mass is 32.2. The molecule has 0 radical (unpaired) electrons. The van der Waals surface area contributed by atoms with Crippen molar-refractivity contribution in [3.8, 4) is 0 Å². The minimum Gasteiger partial charge on any atom is -0.376 e. The van der Waals surface area contributed by atoms with Gasteiger partial charge in [-0.1, -0.05) is 97.1 Å². The van der Waals surface area contributed by atoms with E-state index in [0.29, 0.717) is 22.4 Å². The number of rotatable bonds is 6. The number of hydrogen-bond acceptors (Lipinski definition) is 3. The first-order valence-corrected chi connectivity index (χ1v) is 11.4. The van der Waals surface area contributed by atoms with E-state index < -0.39 is 15.6 Å². The van der Waals surface area contributed by atoms with Crippen molar-refractivity contribution in [1.29, 1.82) is 0 Å². The SMILES string of the molecule is CN(c1ccccc1)S(=O)(=O)c1ccccc1C(O)(c1ccccc1)c1ccccc1. The molecule has 4 nitrogen and oxygen atoms in total. The van der Waals surface area contributed by atoms with Gasteiger partial charge in [0.25, 0.3) is 10.0 Å². The average Bonchev–Trinajstić information content (AvgIpc) is 2.84. The molecule has 0 aromatic heterocycles. The number of aliphatic hydroxyl groups is 1. The lowest BCUT2D eigenvalue weighted by Crippen LogP contribution is -2.34. The van der Waals surface area contributed by atoms with Crippen LogP contribution in [0.4, 0.5) is 5.69 Å². The Morgan fingerprint density at radius 3 is 1.58 bits per heavy atom. The summed E-state index contributed by atoms with van der Waals surface area (Å²) in [6, 6.07) is 33.8. The van der Waals surface area contributed by atoms with Gasteiger partial charge in [0.2, 0.25) is 0 Å². The van der Waals surface area contributed by atoms with Crippen molar-refractivity contribution in [2.75, 3.05) is 11.4 Å². The normalized spacial score (nSPS) is 11.8. The number of sulfonamides is 1. The molecule has 0 aliphatic rings. The van der Waals surface area contributed by atoms with Gasteiger partial charge in [-0.3, -0.25) is 4.31 Å². The summed E-state index contributed by atoms with van der Waals surface area (Å²) >= 11 is 0. The molecule has 0 amide bonds. The van der Waals surface area contributed by atoms with Gasteiger partial charge in [0.1, 0.15) is 5.60 Å². The Hall–Kier alpha value is -3.41. The van der Waals surface area contributed by atoms with Crippen LogP contribution in [0.5, 0.6) is 0 Å². The summed E-state index contributed by atoms with van der Waals surface area (Å²) in [7, 11) is -2.43. The Morgan fingerprint density at radius 1 is 0.645 bits per heavy atom. The van der Waals surface area contributed by atoms with Gasteiger partial charge in [-0.25, -0.2) is 8.42 Å². The molecule has 0 saturated heterocycles. The maximum Gasteiger partial charge on any atom is 0.264 e. The Kier molecular flexibility index (Phi) is 5.63. The van der Waals surface area contributed by atoms with E-state index in [1.165, 1.54) is 11.4 Å². The van der Waals surface area contributed by atoms with Gasteiger partial charge in [-0.05, 0) is 29.3 Å². The second-order valence-corrected chi connectivity index (χ2v) is 9.18. The molecule has 0 fully saturated rings. The Labute approximate surface area is 183 Å². The molecule has 0 spiro atoms. The summed E-state index contributed by atoms with van der Waals surface area (Å²) in [5.74, 6) is 0. The first-order valence-electron chi connectivity index (χ1n) is 9.92. The molecule has 156 valence electrons. The highest BCUT2D eigenvalue weighted by Crippen LogP contribution is 2.40. The van der Waals surface area contributed by atoms with E-state index in [1.54, 1.807) is 72.8 Å². The lowest BCUT2D eigenvalue weighted by molar-refractivity contribution is 0.122. The third-order valence-corrected chi connectivity index (χ3v) is 7.26. The number of benzene rings is 4. The topological polar surface area (TPSA) is 57.6 Å². The minimum atomic E-state index is -3.95. The van der Waals surface area contributed by atoms with Crippen LogP contribution >= 0.6 is 0 Å². The Balaban J connectivity index is 1.96. The molecule has 1 N–H and O–H groups in total.